The van der Waals surface area contributed by atoms with Crippen molar-refractivity contribution in [1.29, 1.82) is 0 Å². The predicted molar refractivity (Wildman–Crippen MR) is 111 cm³/mol. The van der Waals surface area contributed by atoms with Gasteiger partial charge in [-0.3, -0.25) is 14.4 Å². The molecule has 0 aliphatic carbocycles. The van der Waals surface area contributed by atoms with Gasteiger partial charge in [0.1, 0.15) is 0 Å². The normalized spacial score (nSPS) is 13.1. The second-order valence-electron chi connectivity index (χ2n) is 6.77. The van der Waals surface area contributed by atoms with E-state index >= 15 is 0 Å². The van der Waals surface area contributed by atoms with Gasteiger partial charge in [-0.1, -0.05) is 6.07 Å². The number of esters is 1. The van der Waals surface area contributed by atoms with Crippen LogP contribution in [0.25, 0.3) is 0 Å². The minimum Gasteiger partial charge on any atom is -0.493 e. The monoisotopic (exact) mass is 412 g/mol. The zero-order valence-electron chi connectivity index (χ0n) is 17.0. The summed E-state index contributed by atoms with van der Waals surface area (Å²) < 4.78 is 15.4. The Morgan fingerprint density at radius 1 is 1.03 bits per heavy atom. The molecule has 0 unspecified atom stereocenters. The molecule has 30 heavy (non-hydrogen) atoms. The Morgan fingerprint density at radius 2 is 1.77 bits per heavy atom. The number of benzene rings is 2. The second-order valence-corrected chi connectivity index (χ2v) is 6.77. The number of rotatable bonds is 8. The number of nitrogens with one attached hydrogen (secondary N) is 1. The average molecular weight is 412 g/mol. The highest BCUT2D eigenvalue weighted by Gasteiger charge is 2.21. The zero-order valence-corrected chi connectivity index (χ0v) is 17.0. The number of amides is 2. The van der Waals surface area contributed by atoms with Crippen LogP contribution < -0.4 is 19.7 Å². The van der Waals surface area contributed by atoms with E-state index in [1.54, 1.807) is 47.4 Å². The van der Waals surface area contributed by atoms with E-state index in [4.69, 9.17) is 14.2 Å². The summed E-state index contributed by atoms with van der Waals surface area (Å²) in [5.41, 5.74) is 2.05. The highest BCUT2D eigenvalue weighted by molar-refractivity contribution is 5.96. The lowest BCUT2D eigenvalue weighted by molar-refractivity contribution is -0.146. The van der Waals surface area contributed by atoms with Crippen molar-refractivity contribution >= 4 is 29.2 Å². The Bertz CT molecular complexity index is 926. The third-order valence-corrected chi connectivity index (χ3v) is 4.70. The van der Waals surface area contributed by atoms with Gasteiger partial charge in [-0.25, -0.2) is 0 Å². The lowest BCUT2D eigenvalue weighted by Gasteiger charge is -2.16. The van der Waals surface area contributed by atoms with Gasteiger partial charge in [0.2, 0.25) is 5.91 Å². The largest absolute Gasteiger partial charge is 0.493 e. The number of hydrogen-bond acceptors (Lipinski definition) is 6. The lowest BCUT2D eigenvalue weighted by Crippen LogP contribution is -2.24. The fourth-order valence-corrected chi connectivity index (χ4v) is 3.20. The summed E-state index contributed by atoms with van der Waals surface area (Å²) in [6, 6.07) is 12.1. The Balaban J connectivity index is 1.47. The van der Waals surface area contributed by atoms with Gasteiger partial charge in [-0.15, -0.1) is 0 Å². The highest BCUT2D eigenvalue weighted by Crippen LogP contribution is 2.27. The molecule has 0 spiro atoms. The summed E-state index contributed by atoms with van der Waals surface area (Å²) >= 11 is 0. The maximum Gasteiger partial charge on any atom is 0.310 e. The average Bonchev–Trinajstić information content (AvgIpc) is 3.18. The summed E-state index contributed by atoms with van der Waals surface area (Å²) in [7, 11) is 3.05. The molecule has 1 saturated heterocycles. The first-order valence-electron chi connectivity index (χ1n) is 9.57. The molecule has 0 radical (unpaired) electrons. The van der Waals surface area contributed by atoms with E-state index in [1.165, 1.54) is 14.2 Å². The molecule has 1 N–H and O–H groups in total. The molecular weight excluding hydrogens is 388 g/mol. The van der Waals surface area contributed by atoms with Crippen molar-refractivity contribution in [1.82, 2.24) is 0 Å². The van der Waals surface area contributed by atoms with Crippen LogP contribution in [0.15, 0.2) is 42.5 Å². The topological polar surface area (TPSA) is 94.2 Å². The van der Waals surface area contributed by atoms with Gasteiger partial charge in [0, 0.05) is 24.3 Å². The fraction of sp³-hybridized carbons (Fsp3) is 0.318. The number of carbonyl (C=O) groups is 3. The minimum absolute atomic E-state index is 0.00615. The van der Waals surface area contributed by atoms with E-state index in [-0.39, 0.29) is 12.3 Å². The van der Waals surface area contributed by atoms with Gasteiger partial charge in [0.15, 0.2) is 18.1 Å². The summed E-state index contributed by atoms with van der Waals surface area (Å²) in [5.74, 6) is 0.211. The molecule has 1 fully saturated rings. The van der Waals surface area contributed by atoms with E-state index in [0.29, 0.717) is 35.7 Å². The molecule has 1 aliphatic heterocycles. The van der Waals surface area contributed by atoms with Crippen LogP contribution in [0, 0.1) is 0 Å². The van der Waals surface area contributed by atoms with Gasteiger partial charge in [-0.05, 0) is 48.4 Å². The molecule has 8 heteroatoms. The van der Waals surface area contributed by atoms with Crippen molar-refractivity contribution in [3.63, 3.8) is 0 Å². The van der Waals surface area contributed by atoms with Crippen LogP contribution in [0.4, 0.5) is 11.4 Å². The first-order chi connectivity index (χ1) is 14.5. The summed E-state index contributed by atoms with van der Waals surface area (Å²) in [4.78, 5) is 37.6. The number of nitrogens with zero attached hydrogens (tertiary/aromatic N) is 1. The van der Waals surface area contributed by atoms with Gasteiger partial charge in [0.05, 0.1) is 20.6 Å². The van der Waals surface area contributed by atoms with Crippen molar-refractivity contribution in [3.05, 3.63) is 48.0 Å². The third-order valence-electron chi connectivity index (χ3n) is 4.70. The Kier molecular flexibility index (Phi) is 6.90. The minimum atomic E-state index is -0.528. The Morgan fingerprint density at radius 3 is 2.40 bits per heavy atom. The van der Waals surface area contributed by atoms with Crippen LogP contribution in [0.2, 0.25) is 0 Å². The number of anilines is 2. The molecule has 0 bridgehead atoms. The van der Waals surface area contributed by atoms with E-state index in [9.17, 15) is 14.4 Å². The van der Waals surface area contributed by atoms with Crippen LogP contribution >= 0.6 is 0 Å². The van der Waals surface area contributed by atoms with Gasteiger partial charge in [-0.2, -0.15) is 0 Å². The highest BCUT2D eigenvalue weighted by atomic mass is 16.5. The third kappa shape index (κ3) is 5.28. The molecule has 3 rings (SSSR count). The SMILES string of the molecule is COc1ccc(CC(=O)OCC(=O)Nc2ccc(N3CCCC3=O)cc2)cc1OC. The van der Waals surface area contributed by atoms with E-state index in [0.717, 1.165) is 12.1 Å². The maximum absolute atomic E-state index is 12.1. The van der Waals surface area contributed by atoms with Crippen molar-refractivity contribution < 1.29 is 28.6 Å². The van der Waals surface area contributed by atoms with Crippen molar-refractivity contribution in [3.8, 4) is 11.5 Å². The fourth-order valence-electron chi connectivity index (χ4n) is 3.20. The van der Waals surface area contributed by atoms with Crippen LogP contribution in [0.3, 0.4) is 0 Å². The maximum atomic E-state index is 12.1. The quantitative estimate of drug-likeness (QED) is 0.670. The number of carbonyl (C=O) groups excluding carboxylic acids is 3. The molecule has 1 heterocycles. The molecule has 2 amide bonds. The Hall–Kier alpha value is -3.55. The van der Waals surface area contributed by atoms with E-state index < -0.39 is 18.5 Å². The van der Waals surface area contributed by atoms with Gasteiger partial charge in [0.25, 0.3) is 5.91 Å². The second kappa shape index (κ2) is 9.78. The molecule has 2 aromatic carbocycles. The lowest BCUT2D eigenvalue weighted by atomic mass is 10.1. The van der Waals surface area contributed by atoms with Crippen molar-refractivity contribution in [2.45, 2.75) is 19.3 Å². The zero-order chi connectivity index (χ0) is 21.5. The number of hydrogen-bond donors (Lipinski definition) is 1. The Labute approximate surface area is 174 Å². The van der Waals surface area contributed by atoms with Crippen LogP contribution in [0.1, 0.15) is 18.4 Å². The first-order valence-corrected chi connectivity index (χ1v) is 9.57. The molecular formula is C22H24N2O6. The van der Waals surface area contributed by atoms with Crippen molar-refractivity contribution in [2.24, 2.45) is 0 Å². The summed E-state index contributed by atoms with van der Waals surface area (Å²) in [6.07, 6.45) is 1.42. The number of ether oxygens (including phenoxy) is 3. The molecule has 1 aliphatic rings. The van der Waals surface area contributed by atoms with Crippen LogP contribution in [-0.2, 0) is 25.5 Å². The molecule has 0 atom stereocenters. The van der Waals surface area contributed by atoms with Gasteiger partial charge < -0.3 is 24.4 Å². The smallest absolute Gasteiger partial charge is 0.310 e. The van der Waals surface area contributed by atoms with Crippen LogP contribution in [0.5, 0.6) is 11.5 Å². The summed E-state index contributed by atoms with van der Waals surface area (Å²) in [6.45, 7) is 0.318. The summed E-state index contributed by atoms with van der Waals surface area (Å²) in [5, 5.41) is 2.67. The molecule has 8 nitrogen and oxygen atoms in total. The van der Waals surface area contributed by atoms with E-state index in [1.807, 2.05) is 0 Å². The molecule has 0 aromatic heterocycles. The standard InChI is InChI=1S/C22H24N2O6/c1-28-18-10-5-15(12-19(18)29-2)13-22(27)30-14-20(25)23-16-6-8-17(9-7-16)24-11-3-4-21(24)26/h5-10,12H,3-4,11,13-14H2,1-2H3,(H,23,25). The van der Waals surface area contributed by atoms with Crippen molar-refractivity contribution in [2.75, 3.05) is 37.6 Å². The molecule has 0 saturated carbocycles. The van der Waals surface area contributed by atoms with E-state index in [2.05, 4.69) is 5.32 Å². The predicted octanol–water partition coefficient (Wildman–Crippen LogP) is 2.56. The van der Waals surface area contributed by atoms with Crippen LogP contribution in [-0.4, -0.2) is 45.2 Å². The molecule has 2 aromatic rings. The number of methoxy groups -OCH3 is 2. The first kappa shape index (κ1) is 21.2. The van der Waals surface area contributed by atoms with Gasteiger partial charge >= 0.3 is 5.97 Å². The molecule has 158 valence electrons.